The van der Waals surface area contributed by atoms with Crippen LogP contribution in [0.2, 0.25) is 0 Å². The average Bonchev–Trinajstić information content (AvgIpc) is 0.975. The molecule has 19 heteroatoms. The van der Waals surface area contributed by atoms with Crippen LogP contribution in [-0.4, -0.2) is 96.7 Å². The molecule has 0 aromatic heterocycles. The number of carbonyl (C=O) groups excluding carboxylic acids is 4. The van der Waals surface area contributed by atoms with Crippen molar-refractivity contribution in [2.45, 2.75) is 446 Å². The lowest BCUT2D eigenvalue weighted by Crippen LogP contribution is -2.30. The second kappa shape index (κ2) is 72.3. The molecule has 4 unspecified atom stereocenters. The molecule has 7 atom stereocenters. The Morgan fingerprint density at radius 3 is 0.752 bits per heavy atom. The summed E-state index contributed by atoms with van der Waals surface area (Å²) in [4.78, 5) is 73.0. The number of phosphoric ester groups is 2. The molecule has 0 bridgehead atoms. The smallest absolute Gasteiger partial charge is 0.462 e. The standard InChI is InChI=1S/C82H160O17P2/c1-8-11-12-13-14-15-16-17-18-19-20-21-25-28-31-34-37-40-49-56-63-79(84)92-69-77(98-81(86)65-58-51-41-38-35-32-29-26-23-22-24-27-30-33-36-39-46-53-60-73(4)5)71-96-100(88,89)94-67-76(83)68-95-101(90,91)97-72-78(99-82(87)66-59-52-45-43-48-55-62-75(7)10-3)70-93-80(85)64-57-50-44-42-47-54-61-74(6)9-2/h73-78,83H,8-72H2,1-7H3,(H,88,89)(H,90,91)/t74?,75?,76-,77-,78-/m1/s1. The molecule has 3 N–H and O–H groups in total. The minimum Gasteiger partial charge on any atom is -0.462 e. The van der Waals surface area contributed by atoms with Crippen LogP contribution in [0.5, 0.6) is 0 Å². The van der Waals surface area contributed by atoms with Crippen LogP contribution in [0.1, 0.15) is 427 Å². The van der Waals surface area contributed by atoms with Gasteiger partial charge < -0.3 is 33.8 Å². The van der Waals surface area contributed by atoms with Crippen LogP contribution in [0.25, 0.3) is 0 Å². The van der Waals surface area contributed by atoms with E-state index in [9.17, 15) is 43.2 Å². The van der Waals surface area contributed by atoms with Crippen molar-refractivity contribution >= 4 is 39.5 Å². The number of unbranched alkanes of at least 4 members (excludes halogenated alkanes) is 46. The van der Waals surface area contributed by atoms with Crippen LogP contribution < -0.4 is 0 Å². The summed E-state index contributed by atoms with van der Waals surface area (Å²) in [7, 11) is -9.92. The van der Waals surface area contributed by atoms with Gasteiger partial charge in [-0.3, -0.25) is 37.3 Å². The SMILES string of the molecule is CCCCCCCCCCCCCCCCCCCCCCC(=O)OC[C@H](COP(=O)(O)OC[C@@H](O)COP(=O)(O)OC[C@@H](COC(=O)CCCCCCCCC(C)CC)OC(=O)CCCCCCCCC(C)CC)OC(=O)CCCCCCCCCCCCCCCCCCCCC(C)C. The summed E-state index contributed by atoms with van der Waals surface area (Å²) in [5.74, 6) is 0.155. The van der Waals surface area contributed by atoms with Gasteiger partial charge in [0.1, 0.15) is 19.3 Å². The van der Waals surface area contributed by atoms with Crippen molar-refractivity contribution in [1.82, 2.24) is 0 Å². The highest BCUT2D eigenvalue weighted by Gasteiger charge is 2.30. The van der Waals surface area contributed by atoms with Gasteiger partial charge in [-0.25, -0.2) is 9.13 Å². The first-order valence-electron chi connectivity index (χ1n) is 42.4. The van der Waals surface area contributed by atoms with Gasteiger partial charge in [-0.2, -0.15) is 0 Å². The molecule has 0 aliphatic rings. The maximum absolute atomic E-state index is 13.1. The number of phosphoric acid groups is 2. The summed E-state index contributed by atoms with van der Waals surface area (Å²) >= 11 is 0. The third-order valence-electron chi connectivity index (χ3n) is 19.9. The monoisotopic (exact) mass is 1480 g/mol. The highest BCUT2D eigenvalue weighted by atomic mass is 31.2. The molecule has 0 aliphatic heterocycles. The molecule has 600 valence electrons. The van der Waals surface area contributed by atoms with E-state index in [0.29, 0.717) is 25.7 Å². The lowest BCUT2D eigenvalue weighted by Gasteiger charge is -2.21. The molecule has 0 aromatic rings. The fourth-order valence-electron chi connectivity index (χ4n) is 12.6. The number of rotatable bonds is 80. The second-order valence-electron chi connectivity index (χ2n) is 30.5. The predicted octanol–water partition coefficient (Wildman–Crippen LogP) is 24.5. The molecule has 0 heterocycles. The molecule has 0 amide bonds. The first-order chi connectivity index (χ1) is 48.8. The van der Waals surface area contributed by atoms with E-state index in [1.165, 1.54) is 231 Å². The van der Waals surface area contributed by atoms with Crippen LogP contribution >= 0.6 is 15.6 Å². The molecular weight excluding hydrogens is 1320 g/mol. The summed E-state index contributed by atoms with van der Waals surface area (Å²) < 4.78 is 68.7. The van der Waals surface area contributed by atoms with Crippen molar-refractivity contribution in [3.05, 3.63) is 0 Å². The van der Waals surface area contributed by atoms with Crippen LogP contribution in [0, 0.1) is 17.8 Å². The molecule has 0 saturated carbocycles. The lowest BCUT2D eigenvalue weighted by atomic mass is 10.00. The van der Waals surface area contributed by atoms with Crippen molar-refractivity contribution in [2.24, 2.45) is 17.8 Å². The van der Waals surface area contributed by atoms with Crippen molar-refractivity contribution in [3.63, 3.8) is 0 Å². The van der Waals surface area contributed by atoms with Gasteiger partial charge >= 0.3 is 39.5 Å². The number of hydrogen-bond donors (Lipinski definition) is 3. The molecule has 0 fully saturated rings. The first-order valence-corrected chi connectivity index (χ1v) is 45.4. The number of aliphatic hydroxyl groups is 1. The highest BCUT2D eigenvalue weighted by molar-refractivity contribution is 7.47. The summed E-state index contributed by atoms with van der Waals surface area (Å²) in [6.45, 7) is 11.9. The van der Waals surface area contributed by atoms with Crippen LogP contribution in [0.4, 0.5) is 0 Å². The van der Waals surface area contributed by atoms with E-state index in [-0.39, 0.29) is 25.7 Å². The molecule has 0 aromatic carbocycles. The maximum atomic E-state index is 13.1. The first kappa shape index (κ1) is 99.1. The Labute approximate surface area is 619 Å². The average molecular weight is 1480 g/mol. The van der Waals surface area contributed by atoms with E-state index in [4.69, 9.17) is 37.0 Å². The molecule has 101 heavy (non-hydrogen) atoms. The van der Waals surface area contributed by atoms with E-state index >= 15 is 0 Å². The van der Waals surface area contributed by atoms with E-state index in [1.54, 1.807) is 0 Å². The Hall–Kier alpha value is -1.94. The Morgan fingerprint density at radius 2 is 0.505 bits per heavy atom. The number of ether oxygens (including phenoxy) is 4. The van der Waals surface area contributed by atoms with Crippen LogP contribution in [-0.2, 0) is 65.4 Å². The molecular formula is C82H160O17P2. The van der Waals surface area contributed by atoms with Gasteiger partial charge in [-0.05, 0) is 43.4 Å². The van der Waals surface area contributed by atoms with Gasteiger partial charge in [0, 0.05) is 25.7 Å². The Bertz CT molecular complexity index is 1960. The third kappa shape index (κ3) is 73.4. The lowest BCUT2D eigenvalue weighted by molar-refractivity contribution is -0.161. The molecule has 0 radical (unpaired) electrons. The molecule has 0 saturated heterocycles. The van der Waals surface area contributed by atoms with E-state index in [1.807, 2.05) is 0 Å². The van der Waals surface area contributed by atoms with Gasteiger partial charge in [0.05, 0.1) is 26.4 Å². The minimum absolute atomic E-state index is 0.102. The molecule has 0 rings (SSSR count). The van der Waals surface area contributed by atoms with Gasteiger partial charge in [0.15, 0.2) is 12.2 Å². The minimum atomic E-state index is -4.96. The van der Waals surface area contributed by atoms with E-state index in [2.05, 4.69) is 48.5 Å². The zero-order valence-corrected chi connectivity index (χ0v) is 68.2. The summed E-state index contributed by atoms with van der Waals surface area (Å²) in [5.41, 5.74) is 0. The van der Waals surface area contributed by atoms with Crippen molar-refractivity contribution in [2.75, 3.05) is 39.6 Å². The normalized spacial score (nSPS) is 14.5. The van der Waals surface area contributed by atoms with E-state index in [0.717, 1.165) is 114 Å². The van der Waals surface area contributed by atoms with Gasteiger partial charge in [0.2, 0.25) is 0 Å². The highest BCUT2D eigenvalue weighted by Crippen LogP contribution is 2.45. The zero-order chi connectivity index (χ0) is 74.4. The predicted molar refractivity (Wildman–Crippen MR) is 414 cm³/mol. The quantitative estimate of drug-likeness (QED) is 0.0222. The van der Waals surface area contributed by atoms with Crippen LogP contribution in [0.15, 0.2) is 0 Å². The fourth-order valence-corrected chi connectivity index (χ4v) is 14.2. The number of aliphatic hydroxyl groups excluding tert-OH is 1. The van der Waals surface area contributed by atoms with Crippen LogP contribution in [0.3, 0.4) is 0 Å². The van der Waals surface area contributed by atoms with E-state index < -0.39 is 97.5 Å². The Balaban J connectivity index is 5.19. The zero-order valence-electron chi connectivity index (χ0n) is 66.4. The molecule has 0 spiro atoms. The summed E-state index contributed by atoms with van der Waals surface area (Å²) in [5, 5.41) is 10.6. The van der Waals surface area contributed by atoms with Crippen molar-refractivity contribution in [3.8, 4) is 0 Å². The number of hydrogen-bond acceptors (Lipinski definition) is 15. The Morgan fingerprint density at radius 1 is 0.287 bits per heavy atom. The molecule has 17 nitrogen and oxygen atoms in total. The maximum Gasteiger partial charge on any atom is 0.472 e. The molecule has 0 aliphatic carbocycles. The summed E-state index contributed by atoms with van der Waals surface area (Å²) in [6.07, 6.45) is 61.4. The third-order valence-corrected chi connectivity index (χ3v) is 21.8. The fraction of sp³-hybridized carbons (Fsp3) is 0.951. The van der Waals surface area contributed by atoms with Gasteiger partial charge in [-0.15, -0.1) is 0 Å². The number of carbonyl (C=O) groups is 4. The Kier molecular flexibility index (Phi) is 70.9. The largest absolute Gasteiger partial charge is 0.472 e. The van der Waals surface area contributed by atoms with Gasteiger partial charge in [-0.1, -0.05) is 376 Å². The summed E-state index contributed by atoms with van der Waals surface area (Å²) in [6, 6.07) is 0. The van der Waals surface area contributed by atoms with Crippen molar-refractivity contribution in [1.29, 1.82) is 0 Å². The number of esters is 4. The second-order valence-corrected chi connectivity index (χ2v) is 33.4. The van der Waals surface area contributed by atoms with Gasteiger partial charge in [0.25, 0.3) is 0 Å². The van der Waals surface area contributed by atoms with Crippen molar-refractivity contribution < 1.29 is 80.2 Å². The topological polar surface area (TPSA) is 237 Å².